The van der Waals surface area contributed by atoms with E-state index < -0.39 is 82.6 Å². The third-order valence-corrected chi connectivity index (χ3v) is 7.80. The maximum Gasteiger partial charge on any atom is 0.202 e. The molecule has 6 N–H and O–H groups in total. The second-order valence-electron chi connectivity index (χ2n) is 10.1. The maximum atomic E-state index is 13.6. The van der Waals surface area contributed by atoms with Gasteiger partial charge in [0.2, 0.25) is 5.78 Å². The van der Waals surface area contributed by atoms with Crippen LogP contribution in [-0.4, -0.2) is 75.0 Å². The van der Waals surface area contributed by atoms with Gasteiger partial charge in [0.05, 0.1) is 42.1 Å². The Balaban J connectivity index is 1.68. The average molecular weight is 528 g/mol. The lowest BCUT2D eigenvalue weighted by atomic mass is 9.72. The number of phenolic OH excluding ortho intramolecular Hbond substituents is 2. The van der Waals surface area contributed by atoms with Crippen LogP contribution in [-0.2, 0) is 20.7 Å². The second kappa shape index (κ2) is 9.14. The van der Waals surface area contributed by atoms with Crippen LogP contribution in [0.5, 0.6) is 17.2 Å². The first-order chi connectivity index (χ1) is 17.9. The summed E-state index contributed by atoms with van der Waals surface area (Å²) in [5.41, 5.74) is 2.97. The number of ether oxygens (including phenoxy) is 3. The lowest BCUT2D eigenvalue weighted by Gasteiger charge is -2.42. The number of rotatable bonds is 4. The number of aliphatic hydroxyl groups excluding tert-OH is 1. The van der Waals surface area contributed by atoms with E-state index in [2.05, 4.69) is 0 Å². The minimum absolute atomic E-state index is 0.0147. The van der Waals surface area contributed by atoms with Crippen molar-refractivity contribution in [1.82, 2.24) is 0 Å². The van der Waals surface area contributed by atoms with E-state index in [1.165, 1.54) is 32.2 Å². The number of aliphatic hydroxyl groups is 2. The van der Waals surface area contributed by atoms with Gasteiger partial charge in [-0.3, -0.25) is 14.4 Å². The van der Waals surface area contributed by atoms with Crippen molar-refractivity contribution >= 4 is 17.3 Å². The van der Waals surface area contributed by atoms with Crippen molar-refractivity contribution in [3.05, 3.63) is 51.6 Å². The Kier molecular flexibility index (Phi) is 6.32. The summed E-state index contributed by atoms with van der Waals surface area (Å²) in [6.07, 6.45) is -4.53. The van der Waals surface area contributed by atoms with E-state index >= 15 is 0 Å². The number of benzene rings is 2. The molecular formula is C27H29NO10. The summed E-state index contributed by atoms with van der Waals surface area (Å²) in [7, 11) is 1.34. The molecule has 0 amide bonds. The minimum atomic E-state index is -2.00. The number of hydrogen-bond donors (Lipinski definition) is 5. The van der Waals surface area contributed by atoms with E-state index in [1.807, 2.05) is 0 Å². The van der Waals surface area contributed by atoms with Gasteiger partial charge in [0.1, 0.15) is 22.8 Å². The van der Waals surface area contributed by atoms with Crippen LogP contribution in [0.15, 0.2) is 18.2 Å². The third kappa shape index (κ3) is 3.81. The molecule has 5 rings (SSSR count). The van der Waals surface area contributed by atoms with Gasteiger partial charge in [-0.05, 0) is 19.9 Å². The van der Waals surface area contributed by atoms with Gasteiger partial charge < -0.3 is 40.4 Å². The number of aromatic hydroxyl groups is 2. The summed E-state index contributed by atoms with van der Waals surface area (Å²) < 4.78 is 17.1. The number of phenols is 2. The summed E-state index contributed by atoms with van der Waals surface area (Å²) >= 11 is 0. The molecule has 202 valence electrons. The number of carbonyl (C=O) groups is 3. The average Bonchev–Trinajstić information content (AvgIpc) is 2.87. The number of Topliss-reactive ketones (excluding diaryl/α,β-unsaturated/α-hetero) is 1. The van der Waals surface area contributed by atoms with Gasteiger partial charge in [-0.15, -0.1) is 0 Å². The fourth-order valence-electron chi connectivity index (χ4n) is 5.66. The number of carbonyl (C=O) groups excluding carboxylic acids is 3. The van der Waals surface area contributed by atoms with Crippen LogP contribution in [0.25, 0.3) is 0 Å². The molecule has 0 saturated carbocycles. The van der Waals surface area contributed by atoms with Crippen LogP contribution < -0.4 is 10.5 Å². The lowest BCUT2D eigenvalue weighted by Crippen LogP contribution is -2.52. The van der Waals surface area contributed by atoms with Gasteiger partial charge in [0.15, 0.2) is 17.9 Å². The Bertz CT molecular complexity index is 1360. The van der Waals surface area contributed by atoms with Crippen LogP contribution in [0.4, 0.5) is 0 Å². The zero-order valence-corrected chi connectivity index (χ0v) is 21.1. The molecule has 2 unspecified atom stereocenters. The number of methoxy groups -OCH3 is 1. The van der Waals surface area contributed by atoms with E-state index in [0.29, 0.717) is 0 Å². The first-order valence-electron chi connectivity index (χ1n) is 12.2. The number of ketones is 3. The molecule has 2 aromatic rings. The van der Waals surface area contributed by atoms with Crippen LogP contribution >= 0.6 is 0 Å². The summed E-state index contributed by atoms with van der Waals surface area (Å²) in [6.45, 7) is 2.79. The van der Waals surface area contributed by atoms with Crippen LogP contribution in [0, 0.1) is 0 Å². The molecule has 6 atom stereocenters. The van der Waals surface area contributed by atoms with Crippen molar-refractivity contribution in [2.45, 2.75) is 69.4 Å². The predicted octanol–water partition coefficient (Wildman–Crippen LogP) is 1.03. The number of fused-ring (bicyclic) bond motifs is 3. The molecule has 38 heavy (non-hydrogen) atoms. The molecule has 1 heterocycles. The Labute approximate surface area is 217 Å². The molecule has 11 heteroatoms. The van der Waals surface area contributed by atoms with E-state index in [-0.39, 0.29) is 40.8 Å². The fourth-order valence-corrected chi connectivity index (χ4v) is 5.66. The van der Waals surface area contributed by atoms with Crippen molar-refractivity contribution in [3.63, 3.8) is 0 Å². The monoisotopic (exact) mass is 527 g/mol. The summed E-state index contributed by atoms with van der Waals surface area (Å²) in [5, 5.41) is 44.1. The van der Waals surface area contributed by atoms with Gasteiger partial charge >= 0.3 is 0 Å². The third-order valence-electron chi connectivity index (χ3n) is 7.80. The molecule has 3 aliphatic rings. The first-order valence-corrected chi connectivity index (χ1v) is 12.2. The van der Waals surface area contributed by atoms with Crippen LogP contribution in [0.3, 0.4) is 0 Å². The Morgan fingerprint density at radius 2 is 1.82 bits per heavy atom. The standard InChI is InChI=1S/C27H29NO10/c1-10-22(30)14(28)7-17(37-10)38-16-9-27(35,11(2)29)8-13-19(16)26(34)21-20(24(13)32)23(31)12-5-4-6-15(36-3)18(12)25(21)33/h4-6,10,14,16-17,22,30,32,34-35H,7-9,28H2,1-3H3/t10-,14-,16?,17+,22+,27?/m0/s1. The highest BCUT2D eigenvalue weighted by atomic mass is 16.7. The highest BCUT2D eigenvalue weighted by molar-refractivity contribution is 6.31. The van der Waals surface area contributed by atoms with Crippen molar-refractivity contribution in [2.75, 3.05) is 7.11 Å². The lowest BCUT2D eigenvalue weighted by molar-refractivity contribution is -0.247. The first kappa shape index (κ1) is 26.3. The highest BCUT2D eigenvalue weighted by Gasteiger charge is 2.49. The smallest absolute Gasteiger partial charge is 0.202 e. The molecule has 11 nitrogen and oxygen atoms in total. The molecule has 0 radical (unpaired) electrons. The maximum absolute atomic E-state index is 13.6. The van der Waals surface area contributed by atoms with E-state index in [4.69, 9.17) is 19.9 Å². The number of hydrogen-bond acceptors (Lipinski definition) is 11. The molecule has 1 saturated heterocycles. The topological polar surface area (TPSA) is 186 Å². The van der Waals surface area contributed by atoms with Gasteiger partial charge in [-0.1, -0.05) is 12.1 Å². The Hall–Kier alpha value is -3.35. The molecule has 1 fully saturated rings. The van der Waals surface area contributed by atoms with Crippen molar-refractivity contribution < 1.29 is 49.0 Å². The van der Waals surface area contributed by atoms with Gasteiger partial charge in [0.25, 0.3) is 0 Å². The van der Waals surface area contributed by atoms with Crippen molar-refractivity contribution in [1.29, 1.82) is 0 Å². The highest BCUT2D eigenvalue weighted by Crippen LogP contribution is 2.52. The SMILES string of the molecule is COc1cccc2c1C(=O)c1c(O)c3c(c(O)c1C2=O)CC(O)(C(C)=O)CC3O[C@@H]1C[C@H](N)[C@H](O)[C@H](C)O1. The van der Waals surface area contributed by atoms with Crippen molar-refractivity contribution in [3.8, 4) is 17.2 Å². The zero-order chi connectivity index (χ0) is 27.7. The molecule has 1 aliphatic heterocycles. The zero-order valence-electron chi connectivity index (χ0n) is 21.1. The molecular weight excluding hydrogens is 498 g/mol. The normalized spacial score (nSPS) is 30.3. The van der Waals surface area contributed by atoms with Gasteiger partial charge in [-0.2, -0.15) is 0 Å². The fraction of sp³-hybridized carbons (Fsp3) is 0.444. The van der Waals surface area contributed by atoms with Crippen LogP contribution in [0.1, 0.15) is 75.8 Å². The number of nitrogens with two attached hydrogens (primary N) is 1. The predicted molar refractivity (Wildman–Crippen MR) is 130 cm³/mol. The summed E-state index contributed by atoms with van der Waals surface area (Å²) in [5.74, 6) is -3.18. The van der Waals surface area contributed by atoms with Gasteiger partial charge in [0, 0.05) is 42.0 Å². The Morgan fingerprint density at radius 3 is 2.45 bits per heavy atom. The molecule has 2 aromatic carbocycles. The Morgan fingerprint density at radius 1 is 1.13 bits per heavy atom. The quantitative estimate of drug-likeness (QED) is 0.305. The van der Waals surface area contributed by atoms with Gasteiger partial charge in [-0.25, -0.2) is 0 Å². The molecule has 2 aliphatic carbocycles. The van der Waals surface area contributed by atoms with E-state index in [9.17, 15) is 34.8 Å². The van der Waals surface area contributed by atoms with E-state index in [0.717, 1.165) is 0 Å². The van der Waals surface area contributed by atoms with Crippen molar-refractivity contribution in [2.24, 2.45) is 5.73 Å². The summed E-state index contributed by atoms with van der Waals surface area (Å²) in [4.78, 5) is 39.6. The largest absolute Gasteiger partial charge is 0.507 e. The summed E-state index contributed by atoms with van der Waals surface area (Å²) in [6, 6.07) is 3.75. The molecule has 0 aromatic heterocycles. The van der Waals surface area contributed by atoms with Crippen LogP contribution in [0.2, 0.25) is 0 Å². The molecule has 0 spiro atoms. The molecule has 0 bridgehead atoms. The second-order valence-corrected chi connectivity index (χ2v) is 10.1. The minimum Gasteiger partial charge on any atom is -0.507 e. The van der Waals surface area contributed by atoms with E-state index in [1.54, 1.807) is 6.92 Å².